The number of ketones is 1. The maximum atomic E-state index is 11.1. The Morgan fingerprint density at radius 1 is 1.30 bits per heavy atom. The Labute approximate surface area is 127 Å². The largest absolute Gasteiger partial charge is 0.366 e. The predicted molar refractivity (Wildman–Crippen MR) is 84.9 cm³/mol. The molecule has 0 aromatic heterocycles. The van der Waals surface area contributed by atoms with Gasteiger partial charge in [-0.25, -0.2) is 0 Å². The number of hydrogen-bond donors (Lipinski definition) is 0. The van der Waals surface area contributed by atoms with Gasteiger partial charge in [0.05, 0.1) is 0 Å². The molecule has 0 saturated carbocycles. The van der Waals surface area contributed by atoms with E-state index in [0.717, 1.165) is 26.2 Å². The second-order valence-electron chi connectivity index (χ2n) is 5.77. The molecule has 0 amide bonds. The number of halogens is 1. The Morgan fingerprint density at radius 2 is 2.10 bits per heavy atom. The zero-order valence-electron chi connectivity index (χ0n) is 12.0. The van der Waals surface area contributed by atoms with E-state index in [4.69, 9.17) is 0 Å². The molecule has 3 rings (SSSR count). The van der Waals surface area contributed by atoms with Crippen LogP contribution in [0, 0.1) is 0 Å². The molecule has 1 atom stereocenters. The molecule has 0 N–H and O–H groups in total. The van der Waals surface area contributed by atoms with Gasteiger partial charge in [-0.2, -0.15) is 0 Å². The first-order valence-electron chi connectivity index (χ1n) is 7.30. The number of benzene rings is 1. The van der Waals surface area contributed by atoms with Gasteiger partial charge in [0.25, 0.3) is 0 Å². The van der Waals surface area contributed by atoms with Crippen LogP contribution in [0.4, 0.5) is 5.69 Å². The summed E-state index contributed by atoms with van der Waals surface area (Å²) in [6.07, 6.45) is 3.13. The van der Waals surface area contributed by atoms with E-state index in [1.165, 1.54) is 24.1 Å². The fourth-order valence-electron chi connectivity index (χ4n) is 3.33. The summed E-state index contributed by atoms with van der Waals surface area (Å²) in [6, 6.07) is 9.43. The Balaban J connectivity index is 0.00000147. The molecule has 0 radical (unpaired) electrons. The lowest BCUT2D eigenvalue weighted by Gasteiger charge is -2.46. The molecule has 1 fully saturated rings. The summed E-state index contributed by atoms with van der Waals surface area (Å²) >= 11 is 0. The van der Waals surface area contributed by atoms with Crippen LogP contribution in [0.15, 0.2) is 24.3 Å². The fraction of sp³-hybridized carbons (Fsp3) is 0.562. The summed E-state index contributed by atoms with van der Waals surface area (Å²) in [5, 5.41) is 0. The maximum Gasteiger partial charge on any atom is 0.131 e. The average Bonchev–Trinajstić information content (AvgIpc) is 2.44. The van der Waals surface area contributed by atoms with E-state index in [9.17, 15) is 4.79 Å². The van der Waals surface area contributed by atoms with E-state index in [1.807, 2.05) is 0 Å². The van der Waals surface area contributed by atoms with Crippen LogP contribution < -0.4 is 4.90 Å². The van der Waals surface area contributed by atoms with Gasteiger partial charge < -0.3 is 4.90 Å². The van der Waals surface area contributed by atoms with Crippen LogP contribution in [0.3, 0.4) is 0 Å². The van der Waals surface area contributed by atoms with Gasteiger partial charge in [0, 0.05) is 44.3 Å². The zero-order chi connectivity index (χ0) is 13.2. The minimum atomic E-state index is 0. The SMILES string of the molecule is CC(=O)CCN1CCN2c3ccccc3CCC2C1.Cl. The number of Topliss-reactive ketones (excluding diaryl/α,β-unsaturated/α-hetero) is 1. The van der Waals surface area contributed by atoms with Crippen LogP contribution in [0.2, 0.25) is 0 Å². The summed E-state index contributed by atoms with van der Waals surface area (Å²) in [6.45, 7) is 5.91. The lowest BCUT2D eigenvalue weighted by Crippen LogP contribution is -2.55. The van der Waals surface area contributed by atoms with Crippen molar-refractivity contribution in [3.05, 3.63) is 29.8 Å². The Hall–Kier alpha value is -1.06. The highest BCUT2D eigenvalue weighted by atomic mass is 35.5. The summed E-state index contributed by atoms with van der Waals surface area (Å²) in [4.78, 5) is 16.1. The van der Waals surface area contributed by atoms with Crippen molar-refractivity contribution in [1.82, 2.24) is 4.90 Å². The van der Waals surface area contributed by atoms with Crippen LogP contribution in [0.1, 0.15) is 25.3 Å². The smallest absolute Gasteiger partial charge is 0.131 e. The van der Waals surface area contributed by atoms with E-state index >= 15 is 0 Å². The number of nitrogens with zero attached hydrogens (tertiary/aromatic N) is 2. The zero-order valence-corrected chi connectivity index (χ0v) is 12.9. The molecule has 20 heavy (non-hydrogen) atoms. The summed E-state index contributed by atoms with van der Waals surface area (Å²) in [5.41, 5.74) is 2.93. The first-order chi connectivity index (χ1) is 9.24. The number of aryl methyl sites for hydroxylation is 1. The van der Waals surface area contributed by atoms with E-state index < -0.39 is 0 Å². The topological polar surface area (TPSA) is 23.6 Å². The van der Waals surface area contributed by atoms with Gasteiger partial charge in [-0.05, 0) is 31.4 Å². The number of carbonyl (C=O) groups is 1. The van der Waals surface area contributed by atoms with Crippen molar-refractivity contribution >= 4 is 23.9 Å². The van der Waals surface area contributed by atoms with Crippen molar-refractivity contribution in [1.29, 1.82) is 0 Å². The number of hydrogen-bond acceptors (Lipinski definition) is 3. The molecule has 0 aliphatic carbocycles. The molecule has 110 valence electrons. The fourth-order valence-corrected chi connectivity index (χ4v) is 3.33. The van der Waals surface area contributed by atoms with Gasteiger partial charge in [0.2, 0.25) is 0 Å². The molecule has 1 aromatic carbocycles. The second kappa shape index (κ2) is 6.59. The third-order valence-electron chi connectivity index (χ3n) is 4.39. The standard InChI is InChI=1S/C16H22N2O.ClH/c1-13(19)8-9-17-10-11-18-15(12-17)7-6-14-4-2-3-5-16(14)18;/h2-5,15H,6-12H2,1H3;1H. The molecule has 2 heterocycles. The lowest BCUT2D eigenvalue weighted by atomic mass is 9.94. The van der Waals surface area contributed by atoms with Crippen LogP contribution in [0.5, 0.6) is 0 Å². The van der Waals surface area contributed by atoms with Crippen molar-refractivity contribution < 1.29 is 4.79 Å². The van der Waals surface area contributed by atoms with Crippen LogP contribution >= 0.6 is 12.4 Å². The number of carbonyl (C=O) groups excluding carboxylic acids is 1. The number of fused-ring (bicyclic) bond motifs is 3. The van der Waals surface area contributed by atoms with E-state index in [1.54, 1.807) is 6.92 Å². The van der Waals surface area contributed by atoms with Gasteiger partial charge in [0.15, 0.2) is 0 Å². The predicted octanol–water partition coefficient (Wildman–Crippen LogP) is 2.52. The van der Waals surface area contributed by atoms with Gasteiger partial charge >= 0.3 is 0 Å². The molecule has 1 aromatic rings. The Kier molecular flexibility index (Phi) is 5.06. The number of piperazine rings is 1. The molecule has 4 heteroatoms. The van der Waals surface area contributed by atoms with Crippen molar-refractivity contribution in [3.8, 4) is 0 Å². The normalized spacial score (nSPS) is 21.6. The third kappa shape index (κ3) is 3.15. The molecular formula is C16H23ClN2O. The van der Waals surface area contributed by atoms with Crippen LogP contribution in [-0.2, 0) is 11.2 Å². The monoisotopic (exact) mass is 294 g/mol. The Bertz CT molecular complexity index is 477. The number of rotatable bonds is 3. The second-order valence-corrected chi connectivity index (χ2v) is 5.77. The van der Waals surface area contributed by atoms with Gasteiger partial charge in [-0.1, -0.05) is 18.2 Å². The highest BCUT2D eigenvalue weighted by Gasteiger charge is 2.31. The van der Waals surface area contributed by atoms with E-state index in [-0.39, 0.29) is 12.4 Å². The maximum absolute atomic E-state index is 11.1. The lowest BCUT2D eigenvalue weighted by molar-refractivity contribution is -0.117. The highest BCUT2D eigenvalue weighted by molar-refractivity contribution is 5.85. The molecular weight excluding hydrogens is 272 g/mol. The minimum absolute atomic E-state index is 0. The van der Waals surface area contributed by atoms with Crippen molar-refractivity contribution in [2.24, 2.45) is 0 Å². The molecule has 0 spiro atoms. The summed E-state index contributed by atoms with van der Waals surface area (Å²) < 4.78 is 0. The molecule has 1 saturated heterocycles. The number of para-hydroxylation sites is 1. The van der Waals surface area contributed by atoms with Gasteiger partial charge in [0.1, 0.15) is 5.78 Å². The molecule has 1 unspecified atom stereocenters. The van der Waals surface area contributed by atoms with Crippen molar-refractivity contribution in [3.63, 3.8) is 0 Å². The molecule has 3 nitrogen and oxygen atoms in total. The highest BCUT2D eigenvalue weighted by Crippen LogP contribution is 2.32. The first-order valence-corrected chi connectivity index (χ1v) is 7.30. The quantitative estimate of drug-likeness (QED) is 0.856. The van der Waals surface area contributed by atoms with E-state index in [2.05, 4.69) is 34.1 Å². The van der Waals surface area contributed by atoms with Gasteiger partial charge in [-0.15, -0.1) is 12.4 Å². The molecule has 2 aliphatic rings. The first kappa shape index (κ1) is 15.3. The summed E-state index contributed by atoms with van der Waals surface area (Å²) in [7, 11) is 0. The number of anilines is 1. The van der Waals surface area contributed by atoms with E-state index in [0.29, 0.717) is 18.2 Å². The van der Waals surface area contributed by atoms with Crippen molar-refractivity contribution in [2.75, 3.05) is 31.1 Å². The Morgan fingerprint density at radius 3 is 2.90 bits per heavy atom. The molecule has 2 aliphatic heterocycles. The summed E-state index contributed by atoms with van der Waals surface area (Å²) in [5.74, 6) is 0.302. The molecule has 0 bridgehead atoms. The third-order valence-corrected chi connectivity index (χ3v) is 4.39. The van der Waals surface area contributed by atoms with Gasteiger partial charge in [-0.3, -0.25) is 9.69 Å². The van der Waals surface area contributed by atoms with Crippen molar-refractivity contribution in [2.45, 2.75) is 32.2 Å². The van der Waals surface area contributed by atoms with Crippen LogP contribution in [-0.4, -0.2) is 42.9 Å². The minimum Gasteiger partial charge on any atom is -0.366 e. The van der Waals surface area contributed by atoms with Crippen LogP contribution in [0.25, 0.3) is 0 Å². The average molecular weight is 295 g/mol.